The maximum absolute atomic E-state index is 5.44. The van der Waals surface area contributed by atoms with Crippen LogP contribution in [0, 0.1) is 0 Å². The Hall–Kier alpha value is -3.92. The Morgan fingerprint density at radius 2 is 1.62 bits per heavy atom. The Labute approximate surface area is 186 Å². The first-order chi connectivity index (χ1) is 15.7. The van der Waals surface area contributed by atoms with Gasteiger partial charge in [-0.15, -0.1) is 0 Å². The zero-order valence-electron chi connectivity index (χ0n) is 18.0. The van der Waals surface area contributed by atoms with Gasteiger partial charge in [-0.05, 0) is 24.3 Å². The molecule has 0 atom stereocenters. The van der Waals surface area contributed by atoms with E-state index in [0.717, 1.165) is 11.3 Å². The summed E-state index contributed by atoms with van der Waals surface area (Å²) < 4.78 is 16.0. The molecule has 166 valence electrons. The highest BCUT2D eigenvalue weighted by atomic mass is 16.5. The van der Waals surface area contributed by atoms with Crippen molar-refractivity contribution in [3.05, 3.63) is 54.1 Å². The topological polar surface area (TPSA) is 106 Å². The van der Waals surface area contributed by atoms with E-state index in [1.54, 1.807) is 26.5 Å². The molecule has 0 spiro atoms. The number of benzene rings is 2. The lowest BCUT2D eigenvalue weighted by molar-refractivity contribution is 0.122. The van der Waals surface area contributed by atoms with Gasteiger partial charge in [0.2, 0.25) is 17.8 Å². The van der Waals surface area contributed by atoms with Crippen molar-refractivity contribution in [1.82, 2.24) is 15.0 Å². The molecule has 2 N–H and O–H groups in total. The molecule has 0 aliphatic carbocycles. The summed E-state index contributed by atoms with van der Waals surface area (Å²) in [5.74, 6) is 2.66. The van der Waals surface area contributed by atoms with Crippen molar-refractivity contribution < 1.29 is 14.2 Å². The van der Waals surface area contributed by atoms with Crippen LogP contribution in [0.4, 0.5) is 23.5 Å². The van der Waals surface area contributed by atoms with Gasteiger partial charge in [-0.2, -0.15) is 20.1 Å². The van der Waals surface area contributed by atoms with E-state index in [1.165, 1.54) is 0 Å². The SMILES string of the molecule is COc1cc(/C=N\Nc2nc(Nc3ccccc3)nc(N3CCOCC3)n2)cc(OC)c1. The summed E-state index contributed by atoms with van der Waals surface area (Å²) in [4.78, 5) is 15.6. The van der Waals surface area contributed by atoms with Gasteiger partial charge in [-0.25, -0.2) is 5.43 Å². The molecule has 10 nitrogen and oxygen atoms in total. The summed E-state index contributed by atoms with van der Waals surface area (Å²) in [5, 5.41) is 7.50. The van der Waals surface area contributed by atoms with Crippen LogP contribution >= 0.6 is 0 Å². The number of rotatable bonds is 8. The van der Waals surface area contributed by atoms with E-state index in [2.05, 4.69) is 35.7 Å². The summed E-state index contributed by atoms with van der Waals surface area (Å²) in [6.07, 6.45) is 1.65. The molecule has 1 aliphatic heterocycles. The van der Waals surface area contributed by atoms with Gasteiger partial charge in [0, 0.05) is 30.4 Å². The number of hydrazone groups is 1. The zero-order chi connectivity index (χ0) is 22.2. The molecular weight excluding hydrogens is 410 g/mol. The molecule has 2 aromatic carbocycles. The van der Waals surface area contributed by atoms with Crippen LogP contribution in [-0.4, -0.2) is 61.7 Å². The maximum atomic E-state index is 5.44. The van der Waals surface area contributed by atoms with Crippen molar-refractivity contribution in [2.75, 3.05) is 56.2 Å². The average Bonchev–Trinajstić information content (AvgIpc) is 2.85. The monoisotopic (exact) mass is 435 g/mol. The second-order valence-electron chi connectivity index (χ2n) is 6.89. The number of anilines is 4. The Morgan fingerprint density at radius 1 is 0.938 bits per heavy atom. The van der Waals surface area contributed by atoms with Gasteiger partial charge in [-0.3, -0.25) is 0 Å². The lowest BCUT2D eigenvalue weighted by atomic mass is 10.2. The molecule has 0 amide bonds. The van der Waals surface area contributed by atoms with Gasteiger partial charge < -0.3 is 24.4 Å². The molecule has 0 radical (unpaired) electrons. The Kier molecular flexibility index (Phi) is 6.93. The van der Waals surface area contributed by atoms with Crippen LogP contribution in [0.3, 0.4) is 0 Å². The van der Waals surface area contributed by atoms with Crippen LogP contribution < -0.4 is 25.1 Å². The van der Waals surface area contributed by atoms with E-state index in [-0.39, 0.29) is 0 Å². The van der Waals surface area contributed by atoms with Crippen LogP contribution in [0.15, 0.2) is 53.6 Å². The summed E-state index contributed by atoms with van der Waals surface area (Å²) >= 11 is 0. The number of methoxy groups -OCH3 is 2. The number of morpholine rings is 1. The molecule has 3 aromatic rings. The minimum absolute atomic E-state index is 0.325. The number of hydrogen-bond acceptors (Lipinski definition) is 10. The lowest BCUT2D eigenvalue weighted by Crippen LogP contribution is -2.37. The van der Waals surface area contributed by atoms with Crippen LogP contribution in [0.25, 0.3) is 0 Å². The van der Waals surface area contributed by atoms with Crippen LogP contribution in [-0.2, 0) is 4.74 Å². The van der Waals surface area contributed by atoms with E-state index in [0.29, 0.717) is 55.6 Å². The van der Waals surface area contributed by atoms with Gasteiger partial charge >= 0.3 is 0 Å². The zero-order valence-corrected chi connectivity index (χ0v) is 18.0. The highest BCUT2D eigenvalue weighted by Gasteiger charge is 2.16. The molecule has 0 bridgehead atoms. The highest BCUT2D eigenvalue weighted by Crippen LogP contribution is 2.22. The number of nitrogens with zero attached hydrogens (tertiary/aromatic N) is 5. The molecule has 2 heterocycles. The molecule has 0 saturated carbocycles. The maximum Gasteiger partial charge on any atom is 0.250 e. The fourth-order valence-corrected chi connectivity index (χ4v) is 3.09. The standard InChI is InChI=1S/C22H25N7O3/c1-30-18-12-16(13-19(14-18)31-2)15-23-28-21-25-20(24-17-6-4-3-5-7-17)26-22(27-21)29-8-10-32-11-9-29/h3-7,12-15H,8-11H2,1-2H3,(H2,24,25,26,27,28)/b23-15-. The first-order valence-electron chi connectivity index (χ1n) is 10.2. The van der Waals surface area contributed by atoms with E-state index >= 15 is 0 Å². The Bertz CT molecular complexity index is 1030. The molecule has 0 unspecified atom stereocenters. The largest absolute Gasteiger partial charge is 0.497 e. The molecule has 1 aliphatic rings. The fraction of sp³-hybridized carbons (Fsp3) is 0.273. The second kappa shape index (κ2) is 10.4. The van der Waals surface area contributed by atoms with Gasteiger partial charge in [0.25, 0.3) is 0 Å². The van der Waals surface area contributed by atoms with Gasteiger partial charge in [0.05, 0.1) is 33.6 Å². The summed E-state index contributed by atoms with van der Waals surface area (Å²) in [6, 6.07) is 15.2. The van der Waals surface area contributed by atoms with E-state index in [1.807, 2.05) is 42.5 Å². The molecule has 1 fully saturated rings. The first kappa shape index (κ1) is 21.3. The van der Waals surface area contributed by atoms with Crippen molar-refractivity contribution in [3.8, 4) is 11.5 Å². The quantitative estimate of drug-likeness (QED) is 0.408. The Morgan fingerprint density at radius 3 is 2.31 bits per heavy atom. The summed E-state index contributed by atoms with van der Waals surface area (Å²) in [5.41, 5.74) is 4.59. The summed E-state index contributed by atoms with van der Waals surface area (Å²) in [7, 11) is 3.21. The van der Waals surface area contributed by atoms with Crippen LogP contribution in [0.1, 0.15) is 5.56 Å². The smallest absolute Gasteiger partial charge is 0.250 e. The second-order valence-corrected chi connectivity index (χ2v) is 6.89. The normalized spacial score (nSPS) is 13.8. The predicted octanol–water partition coefficient (Wildman–Crippen LogP) is 2.92. The molecule has 10 heteroatoms. The first-order valence-corrected chi connectivity index (χ1v) is 10.2. The number of hydrogen-bond donors (Lipinski definition) is 2. The number of ether oxygens (including phenoxy) is 3. The Balaban J connectivity index is 1.56. The van der Waals surface area contributed by atoms with E-state index in [4.69, 9.17) is 14.2 Å². The highest BCUT2D eigenvalue weighted by molar-refractivity contribution is 5.81. The lowest BCUT2D eigenvalue weighted by Gasteiger charge is -2.27. The number of para-hydroxylation sites is 1. The minimum atomic E-state index is 0.325. The van der Waals surface area contributed by atoms with E-state index in [9.17, 15) is 0 Å². The van der Waals surface area contributed by atoms with Crippen molar-refractivity contribution in [2.24, 2.45) is 5.10 Å². The number of aromatic nitrogens is 3. The third-order valence-corrected chi connectivity index (χ3v) is 4.70. The number of nitrogens with one attached hydrogen (secondary N) is 2. The third-order valence-electron chi connectivity index (χ3n) is 4.70. The molecule has 1 aromatic heterocycles. The van der Waals surface area contributed by atoms with Gasteiger partial charge in [0.15, 0.2) is 0 Å². The summed E-state index contributed by atoms with van der Waals surface area (Å²) in [6.45, 7) is 2.68. The van der Waals surface area contributed by atoms with Crippen molar-refractivity contribution in [3.63, 3.8) is 0 Å². The van der Waals surface area contributed by atoms with Gasteiger partial charge in [0.1, 0.15) is 11.5 Å². The fourth-order valence-electron chi connectivity index (χ4n) is 3.09. The van der Waals surface area contributed by atoms with E-state index < -0.39 is 0 Å². The van der Waals surface area contributed by atoms with Crippen molar-refractivity contribution in [1.29, 1.82) is 0 Å². The van der Waals surface area contributed by atoms with Crippen molar-refractivity contribution in [2.45, 2.75) is 0 Å². The average molecular weight is 435 g/mol. The molecular formula is C22H25N7O3. The van der Waals surface area contributed by atoms with Crippen LogP contribution in [0.2, 0.25) is 0 Å². The van der Waals surface area contributed by atoms with Gasteiger partial charge in [-0.1, -0.05) is 18.2 Å². The molecule has 4 rings (SSSR count). The molecule has 32 heavy (non-hydrogen) atoms. The van der Waals surface area contributed by atoms with Crippen LogP contribution in [0.5, 0.6) is 11.5 Å². The minimum Gasteiger partial charge on any atom is -0.497 e. The third kappa shape index (κ3) is 5.61. The molecule has 1 saturated heterocycles. The van der Waals surface area contributed by atoms with Crippen molar-refractivity contribution >= 4 is 29.7 Å². The predicted molar refractivity (Wildman–Crippen MR) is 123 cm³/mol.